The topological polar surface area (TPSA) is 82.6 Å². The van der Waals surface area contributed by atoms with Gasteiger partial charge in [-0.15, -0.1) is 11.8 Å². The van der Waals surface area contributed by atoms with Gasteiger partial charge in [0.05, 0.1) is 18.2 Å². The Morgan fingerprint density at radius 3 is 2.81 bits per heavy atom. The lowest BCUT2D eigenvalue weighted by Crippen LogP contribution is -2.62. The molecule has 0 saturated carbocycles. The summed E-state index contributed by atoms with van der Waals surface area (Å²) in [7, 11) is 0. The first kappa shape index (κ1) is 13.9. The number of pyridine rings is 1. The van der Waals surface area contributed by atoms with Crippen LogP contribution in [0.3, 0.4) is 0 Å². The zero-order valence-corrected chi connectivity index (χ0v) is 12.2. The third kappa shape index (κ3) is 2.35. The molecular formula is C13H14N4O3S. The van der Waals surface area contributed by atoms with Gasteiger partial charge in [0.15, 0.2) is 0 Å². The number of amides is 4. The van der Waals surface area contributed by atoms with E-state index < -0.39 is 0 Å². The fourth-order valence-corrected chi connectivity index (χ4v) is 3.02. The first-order valence-corrected chi connectivity index (χ1v) is 7.72. The molecule has 110 valence electrons. The van der Waals surface area contributed by atoms with Crippen molar-refractivity contribution < 1.29 is 14.4 Å². The van der Waals surface area contributed by atoms with Crippen molar-refractivity contribution in [2.24, 2.45) is 0 Å². The molecule has 2 saturated heterocycles. The van der Waals surface area contributed by atoms with Crippen LogP contribution in [0.25, 0.3) is 0 Å². The molecule has 1 aromatic rings. The van der Waals surface area contributed by atoms with Gasteiger partial charge in [-0.1, -0.05) is 0 Å². The molecule has 1 aromatic heterocycles. The summed E-state index contributed by atoms with van der Waals surface area (Å²) in [6, 6.07) is 2.87. The van der Waals surface area contributed by atoms with Crippen LogP contribution in [0.5, 0.6) is 0 Å². The number of urea groups is 1. The van der Waals surface area contributed by atoms with Crippen LogP contribution in [-0.4, -0.2) is 64.6 Å². The lowest BCUT2D eigenvalue weighted by atomic mass is 10.1. The van der Waals surface area contributed by atoms with Crippen molar-refractivity contribution in [2.45, 2.75) is 11.1 Å². The Bertz CT molecular complexity index is 599. The second-order valence-electron chi connectivity index (χ2n) is 4.85. The van der Waals surface area contributed by atoms with E-state index in [9.17, 15) is 14.4 Å². The fourth-order valence-electron chi connectivity index (χ4n) is 2.48. The van der Waals surface area contributed by atoms with Gasteiger partial charge in [0.25, 0.3) is 5.91 Å². The van der Waals surface area contributed by atoms with Gasteiger partial charge in [-0.2, -0.15) is 0 Å². The summed E-state index contributed by atoms with van der Waals surface area (Å²) in [5.74, 6) is -0.348. The molecule has 2 aliphatic rings. The van der Waals surface area contributed by atoms with Gasteiger partial charge in [-0.25, -0.2) is 9.78 Å². The van der Waals surface area contributed by atoms with E-state index in [1.54, 1.807) is 23.2 Å². The minimum absolute atomic E-state index is 0.0442. The van der Waals surface area contributed by atoms with Gasteiger partial charge in [0.1, 0.15) is 5.03 Å². The molecule has 0 bridgehead atoms. The Kier molecular flexibility index (Phi) is 3.54. The van der Waals surface area contributed by atoms with Gasteiger partial charge in [0, 0.05) is 19.3 Å². The summed E-state index contributed by atoms with van der Waals surface area (Å²) in [5, 5.41) is 3.16. The highest BCUT2D eigenvalue weighted by molar-refractivity contribution is 7.98. The minimum Gasteiger partial charge on any atom is -0.334 e. The number of imide groups is 1. The van der Waals surface area contributed by atoms with E-state index in [1.807, 2.05) is 6.26 Å². The van der Waals surface area contributed by atoms with E-state index in [1.165, 1.54) is 16.7 Å². The summed E-state index contributed by atoms with van der Waals surface area (Å²) >= 11 is 1.42. The van der Waals surface area contributed by atoms with E-state index >= 15 is 0 Å². The lowest BCUT2D eigenvalue weighted by Gasteiger charge is -2.42. The molecule has 0 aromatic carbocycles. The van der Waals surface area contributed by atoms with E-state index in [0.717, 1.165) is 0 Å². The zero-order chi connectivity index (χ0) is 15.0. The highest BCUT2D eigenvalue weighted by atomic mass is 32.2. The number of nitrogens with one attached hydrogen (secondary N) is 1. The highest BCUT2D eigenvalue weighted by Crippen LogP contribution is 2.23. The molecule has 1 N–H and O–H groups in total. The highest BCUT2D eigenvalue weighted by Gasteiger charge is 2.43. The van der Waals surface area contributed by atoms with Crippen LogP contribution in [0, 0.1) is 0 Å². The predicted molar refractivity (Wildman–Crippen MR) is 76.0 cm³/mol. The minimum atomic E-state index is -0.372. The summed E-state index contributed by atoms with van der Waals surface area (Å²) in [6.45, 7) is 0.796. The molecular weight excluding hydrogens is 292 g/mol. The maximum Gasteiger partial charge on any atom is 0.324 e. The van der Waals surface area contributed by atoms with Crippen molar-refractivity contribution in [3.63, 3.8) is 0 Å². The van der Waals surface area contributed by atoms with E-state index in [2.05, 4.69) is 10.3 Å². The second kappa shape index (κ2) is 5.36. The number of rotatable bonds is 3. The number of hydrogen-bond acceptors (Lipinski definition) is 5. The summed E-state index contributed by atoms with van der Waals surface area (Å²) in [5.41, 5.74) is 0.556. The maximum atomic E-state index is 12.4. The molecule has 21 heavy (non-hydrogen) atoms. The molecule has 3 heterocycles. The van der Waals surface area contributed by atoms with Gasteiger partial charge in [0.2, 0.25) is 5.91 Å². The van der Waals surface area contributed by atoms with E-state index in [0.29, 0.717) is 23.7 Å². The van der Waals surface area contributed by atoms with Crippen LogP contribution in [0.1, 0.15) is 10.4 Å². The third-order valence-electron chi connectivity index (χ3n) is 3.59. The van der Waals surface area contributed by atoms with E-state index in [4.69, 9.17) is 0 Å². The molecule has 7 nitrogen and oxygen atoms in total. The van der Waals surface area contributed by atoms with Crippen LogP contribution in [0.2, 0.25) is 0 Å². The number of likely N-dealkylation sites (tertiary alicyclic amines) is 1. The molecule has 0 radical (unpaired) electrons. The molecule has 0 atom stereocenters. The Hall–Kier alpha value is -2.09. The molecule has 0 unspecified atom stereocenters. The summed E-state index contributed by atoms with van der Waals surface area (Å²) < 4.78 is 0. The van der Waals surface area contributed by atoms with Crippen molar-refractivity contribution in [1.29, 1.82) is 0 Å². The monoisotopic (exact) mass is 306 g/mol. The van der Waals surface area contributed by atoms with Gasteiger partial charge in [-0.05, 0) is 18.4 Å². The average molecular weight is 306 g/mol. The predicted octanol–water partition coefficient (Wildman–Crippen LogP) is 0.180. The number of hydrogen-bond donors (Lipinski definition) is 1. The second-order valence-corrected chi connectivity index (χ2v) is 5.64. The largest absolute Gasteiger partial charge is 0.334 e. The van der Waals surface area contributed by atoms with Crippen LogP contribution < -0.4 is 5.32 Å². The normalized spacial score (nSPS) is 18.7. The van der Waals surface area contributed by atoms with Crippen molar-refractivity contribution in [3.05, 3.63) is 23.9 Å². The first-order chi connectivity index (χ1) is 10.1. The van der Waals surface area contributed by atoms with Crippen molar-refractivity contribution in [1.82, 2.24) is 20.1 Å². The molecule has 2 aliphatic heterocycles. The van der Waals surface area contributed by atoms with Crippen LogP contribution in [-0.2, 0) is 4.79 Å². The maximum absolute atomic E-state index is 12.4. The average Bonchev–Trinajstić information content (AvgIpc) is 2.77. The van der Waals surface area contributed by atoms with Gasteiger partial charge in [-0.3, -0.25) is 14.5 Å². The number of carbonyl (C=O) groups excluding carboxylic acids is 3. The van der Waals surface area contributed by atoms with Crippen molar-refractivity contribution in [3.8, 4) is 0 Å². The number of thioether (sulfide) groups is 1. The quantitative estimate of drug-likeness (QED) is 0.636. The zero-order valence-electron chi connectivity index (χ0n) is 11.4. The number of aromatic nitrogens is 1. The first-order valence-electron chi connectivity index (χ1n) is 6.50. The summed E-state index contributed by atoms with van der Waals surface area (Å²) in [6.07, 6.45) is 3.51. The Balaban J connectivity index is 1.67. The van der Waals surface area contributed by atoms with Crippen LogP contribution >= 0.6 is 11.8 Å². The molecule has 2 fully saturated rings. The molecule has 0 aliphatic carbocycles. The lowest BCUT2D eigenvalue weighted by molar-refractivity contribution is -0.128. The van der Waals surface area contributed by atoms with Crippen molar-refractivity contribution in [2.75, 3.05) is 25.9 Å². The molecule has 3 rings (SSSR count). The standard InChI is InChI=1S/C13H14N4O3S/c1-21-11-9(3-2-4-14-11)12(19)16-6-8(7-16)17-10(18)5-15-13(17)20/h2-4,8H,5-7H2,1H3,(H,15,20). The van der Waals surface area contributed by atoms with Crippen LogP contribution in [0.4, 0.5) is 4.79 Å². The fraction of sp³-hybridized carbons (Fsp3) is 0.385. The smallest absolute Gasteiger partial charge is 0.324 e. The molecule has 4 amide bonds. The number of nitrogens with zero attached hydrogens (tertiary/aromatic N) is 3. The SMILES string of the molecule is CSc1ncccc1C(=O)N1CC(N2C(=O)CNC2=O)C1. The Labute approximate surface area is 125 Å². The van der Waals surface area contributed by atoms with E-state index in [-0.39, 0.29) is 30.4 Å². The molecule has 0 spiro atoms. The van der Waals surface area contributed by atoms with Gasteiger partial charge < -0.3 is 10.2 Å². The Morgan fingerprint density at radius 2 is 2.19 bits per heavy atom. The third-order valence-corrected chi connectivity index (χ3v) is 4.30. The van der Waals surface area contributed by atoms with Crippen LogP contribution in [0.15, 0.2) is 23.4 Å². The van der Waals surface area contributed by atoms with Gasteiger partial charge >= 0.3 is 6.03 Å². The number of carbonyl (C=O) groups is 3. The molecule has 8 heteroatoms. The van der Waals surface area contributed by atoms with Crippen molar-refractivity contribution >= 4 is 29.6 Å². The Morgan fingerprint density at radius 1 is 1.43 bits per heavy atom. The summed E-state index contributed by atoms with van der Waals surface area (Å²) in [4.78, 5) is 42.5.